The van der Waals surface area contributed by atoms with Gasteiger partial charge in [0, 0.05) is 17.0 Å². The van der Waals surface area contributed by atoms with E-state index in [9.17, 15) is 19.5 Å². The van der Waals surface area contributed by atoms with Crippen molar-refractivity contribution in [2.45, 2.75) is 88.3 Å². The Kier molecular flexibility index (Phi) is 9.44. The molecule has 3 heterocycles. The third-order valence-electron chi connectivity index (χ3n) is 9.63. The highest BCUT2D eigenvalue weighted by atomic mass is 32.2. The van der Waals surface area contributed by atoms with Crippen molar-refractivity contribution in [3.8, 4) is 0 Å². The summed E-state index contributed by atoms with van der Waals surface area (Å²) in [5.41, 5.74) is 2.74. The Balaban J connectivity index is 1.84. The average molecular weight is 583 g/mol. The first-order valence-corrected chi connectivity index (χ1v) is 15.7. The largest absolute Gasteiger partial charge is 0.465 e. The molecule has 1 N–H and O–H groups in total. The van der Waals surface area contributed by atoms with Crippen LogP contribution in [0.5, 0.6) is 0 Å². The number of carbonyl (C=O) groups is 3. The number of ether oxygens (including phenoxy) is 1. The summed E-state index contributed by atoms with van der Waals surface area (Å²) in [6.45, 7) is 18.0. The SMILES string of the molecule is C=CCCCOC(=O)[C@H]1[C@H]2C(=O)N([C@@H](CO)[C@@H](C)CC)C(C(=O)N(CC=C)c3c(C)cccc3C)C23CC[C@]1(C)S3. The third-order valence-corrected chi connectivity index (χ3v) is 11.6. The van der Waals surface area contributed by atoms with Crippen LogP contribution in [-0.2, 0) is 19.1 Å². The number of hydrogen-bond donors (Lipinski definition) is 1. The number of allylic oxidation sites excluding steroid dienone is 1. The molecular weight excluding hydrogens is 536 g/mol. The van der Waals surface area contributed by atoms with Gasteiger partial charge in [-0.05, 0) is 63.5 Å². The van der Waals surface area contributed by atoms with Crippen molar-refractivity contribution in [1.29, 1.82) is 0 Å². The van der Waals surface area contributed by atoms with E-state index in [1.165, 1.54) is 0 Å². The van der Waals surface area contributed by atoms with Gasteiger partial charge in [-0.1, -0.05) is 50.6 Å². The molecule has 7 atom stereocenters. The Morgan fingerprint density at radius 3 is 2.51 bits per heavy atom. The molecule has 4 rings (SSSR count). The molecule has 0 aromatic heterocycles. The summed E-state index contributed by atoms with van der Waals surface area (Å²) < 4.78 is 4.45. The quantitative estimate of drug-likeness (QED) is 0.195. The molecule has 2 bridgehead atoms. The van der Waals surface area contributed by atoms with Crippen LogP contribution in [0.2, 0.25) is 0 Å². The van der Waals surface area contributed by atoms with E-state index >= 15 is 0 Å². The number of nitrogens with zero attached hydrogens (tertiary/aromatic N) is 2. The van der Waals surface area contributed by atoms with Gasteiger partial charge < -0.3 is 19.6 Å². The minimum atomic E-state index is -0.824. The predicted molar refractivity (Wildman–Crippen MR) is 165 cm³/mol. The number of aliphatic hydroxyl groups excluding tert-OH is 1. The zero-order chi connectivity index (χ0) is 30.1. The van der Waals surface area contributed by atoms with Gasteiger partial charge in [-0.2, -0.15) is 0 Å². The number of esters is 1. The van der Waals surface area contributed by atoms with E-state index in [4.69, 9.17) is 4.74 Å². The highest BCUT2D eigenvalue weighted by Gasteiger charge is 2.78. The molecule has 1 aromatic rings. The molecule has 1 spiro atoms. The van der Waals surface area contributed by atoms with Crippen LogP contribution in [0.1, 0.15) is 64.0 Å². The summed E-state index contributed by atoms with van der Waals surface area (Å²) in [7, 11) is 0. The second kappa shape index (κ2) is 12.3. The lowest BCUT2D eigenvalue weighted by atomic mass is 9.66. The van der Waals surface area contributed by atoms with Crippen LogP contribution in [0.3, 0.4) is 0 Å². The standard InChI is InChI=1S/C33H46N2O5S/c1-8-11-12-19-40-31(39)26-25-29(37)35(24(20-36)21(4)10-3)28(33(25)17-16-32(26,7)41-33)30(38)34(18-9-2)27-22(5)14-13-15-23(27)6/h8-9,13-15,21,24-26,28,36H,1-2,10-12,16-20H2,3-7H3/t21-,24-,25-,26+,28?,32-,33?/m0/s1. The zero-order valence-corrected chi connectivity index (χ0v) is 26.0. The molecule has 1 aromatic carbocycles. The molecule has 0 saturated carbocycles. The number of anilines is 1. The van der Waals surface area contributed by atoms with E-state index in [0.29, 0.717) is 19.3 Å². The van der Waals surface area contributed by atoms with Crippen molar-refractivity contribution >= 4 is 35.2 Å². The van der Waals surface area contributed by atoms with Gasteiger partial charge in [0.15, 0.2) is 0 Å². The number of aliphatic hydroxyl groups is 1. The monoisotopic (exact) mass is 582 g/mol. The second-order valence-electron chi connectivity index (χ2n) is 12.2. The first-order chi connectivity index (χ1) is 19.5. The Hall–Kier alpha value is -2.58. The molecule has 3 aliphatic heterocycles. The predicted octanol–water partition coefficient (Wildman–Crippen LogP) is 5.22. The van der Waals surface area contributed by atoms with Gasteiger partial charge in [-0.3, -0.25) is 14.4 Å². The maximum Gasteiger partial charge on any atom is 0.311 e. The van der Waals surface area contributed by atoms with E-state index in [1.807, 2.05) is 52.8 Å². The lowest BCUT2D eigenvalue weighted by Crippen LogP contribution is -2.59. The van der Waals surface area contributed by atoms with Gasteiger partial charge in [0.2, 0.25) is 5.91 Å². The maximum atomic E-state index is 14.9. The normalized spacial score (nSPS) is 29.7. The first kappa shape index (κ1) is 31.4. The molecule has 3 aliphatic rings. The third kappa shape index (κ3) is 5.16. The van der Waals surface area contributed by atoms with E-state index in [-0.39, 0.29) is 43.5 Å². The summed E-state index contributed by atoms with van der Waals surface area (Å²) in [5, 5.41) is 10.6. The molecule has 224 valence electrons. The average Bonchev–Trinajstić information content (AvgIpc) is 3.51. The molecule has 7 nitrogen and oxygen atoms in total. The van der Waals surface area contributed by atoms with Crippen molar-refractivity contribution < 1.29 is 24.2 Å². The van der Waals surface area contributed by atoms with E-state index < -0.39 is 33.4 Å². The number of para-hydroxylation sites is 1. The fraction of sp³-hybridized carbons (Fsp3) is 0.606. The number of thioether (sulfide) groups is 1. The number of amides is 2. The number of carbonyl (C=O) groups excluding carboxylic acids is 3. The van der Waals surface area contributed by atoms with Crippen LogP contribution in [0, 0.1) is 31.6 Å². The van der Waals surface area contributed by atoms with Gasteiger partial charge in [0.05, 0.1) is 35.8 Å². The molecule has 3 saturated heterocycles. The molecule has 3 fully saturated rings. The molecule has 41 heavy (non-hydrogen) atoms. The van der Waals surface area contributed by atoms with Crippen LogP contribution >= 0.6 is 11.8 Å². The number of rotatable bonds is 13. The van der Waals surface area contributed by atoms with Gasteiger partial charge in [0.1, 0.15) is 6.04 Å². The molecule has 2 amide bonds. The number of benzene rings is 1. The van der Waals surface area contributed by atoms with Crippen molar-refractivity contribution in [2.75, 3.05) is 24.7 Å². The number of fused-ring (bicyclic) bond motifs is 1. The number of likely N-dealkylation sites (tertiary alicyclic amines) is 1. The Morgan fingerprint density at radius 1 is 1.24 bits per heavy atom. The zero-order valence-electron chi connectivity index (χ0n) is 25.2. The molecular formula is C33H46N2O5S. The van der Waals surface area contributed by atoms with Crippen LogP contribution in [-0.4, -0.2) is 69.1 Å². The van der Waals surface area contributed by atoms with Crippen molar-refractivity contribution in [3.05, 3.63) is 54.6 Å². The van der Waals surface area contributed by atoms with Gasteiger partial charge in [-0.15, -0.1) is 24.9 Å². The van der Waals surface area contributed by atoms with Gasteiger partial charge in [-0.25, -0.2) is 0 Å². The van der Waals surface area contributed by atoms with Crippen molar-refractivity contribution in [2.24, 2.45) is 17.8 Å². The fourth-order valence-corrected chi connectivity index (χ4v) is 9.79. The van der Waals surface area contributed by atoms with E-state index in [1.54, 1.807) is 33.7 Å². The van der Waals surface area contributed by atoms with Crippen molar-refractivity contribution in [3.63, 3.8) is 0 Å². The van der Waals surface area contributed by atoms with Crippen LogP contribution in [0.15, 0.2) is 43.5 Å². The Bertz CT molecular complexity index is 1180. The topological polar surface area (TPSA) is 87.1 Å². The smallest absolute Gasteiger partial charge is 0.311 e. The van der Waals surface area contributed by atoms with Crippen LogP contribution < -0.4 is 4.90 Å². The highest BCUT2D eigenvalue weighted by molar-refractivity contribution is 8.02. The maximum absolute atomic E-state index is 14.9. The summed E-state index contributed by atoms with van der Waals surface area (Å²) in [5.74, 6) is -2.14. The molecule has 0 aliphatic carbocycles. The fourth-order valence-electron chi connectivity index (χ4n) is 7.46. The number of aryl methyl sites for hydroxylation is 2. The van der Waals surface area contributed by atoms with Crippen molar-refractivity contribution in [1.82, 2.24) is 4.90 Å². The Morgan fingerprint density at radius 2 is 1.93 bits per heavy atom. The molecule has 0 radical (unpaired) electrons. The summed E-state index contributed by atoms with van der Waals surface area (Å²) in [6, 6.07) is 4.57. The lowest BCUT2D eigenvalue weighted by molar-refractivity contribution is -0.156. The van der Waals surface area contributed by atoms with Gasteiger partial charge in [0.25, 0.3) is 5.91 Å². The summed E-state index contributed by atoms with van der Waals surface area (Å²) >= 11 is 1.63. The number of hydrogen-bond acceptors (Lipinski definition) is 6. The minimum absolute atomic E-state index is 0.0374. The van der Waals surface area contributed by atoms with E-state index in [2.05, 4.69) is 13.2 Å². The van der Waals surface area contributed by atoms with Crippen LogP contribution in [0.4, 0.5) is 5.69 Å². The Labute approximate surface area is 249 Å². The second-order valence-corrected chi connectivity index (χ2v) is 14.1. The number of unbranched alkanes of at least 4 members (excludes halogenated alkanes) is 1. The molecule has 2 unspecified atom stereocenters. The van der Waals surface area contributed by atoms with Crippen LogP contribution in [0.25, 0.3) is 0 Å². The minimum Gasteiger partial charge on any atom is -0.465 e. The van der Waals surface area contributed by atoms with E-state index in [0.717, 1.165) is 29.7 Å². The molecule has 8 heteroatoms. The highest BCUT2D eigenvalue weighted by Crippen LogP contribution is 2.72. The first-order valence-electron chi connectivity index (χ1n) is 14.9. The summed E-state index contributed by atoms with van der Waals surface area (Å²) in [4.78, 5) is 46.6. The lowest BCUT2D eigenvalue weighted by Gasteiger charge is -2.41. The summed E-state index contributed by atoms with van der Waals surface area (Å²) in [6.07, 6.45) is 7.01. The van der Waals surface area contributed by atoms with Gasteiger partial charge >= 0.3 is 5.97 Å².